The lowest BCUT2D eigenvalue weighted by molar-refractivity contribution is 0.453. The number of phenolic OH excluding ortho intramolecular Hbond substituents is 2. The predicted molar refractivity (Wildman–Crippen MR) is 110 cm³/mol. The minimum absolute atomic E-state index is 0.0444. The summed E-state index contributed by atoms with van der Waals surface area (Å²) < 4.78 is 0. The van der Waals surface area contributed by atoms with Gasteiger partial charge >= 0.3 is 0 Å². The van der Waals surface area contributed by atoms with Gasteiger partial charge in [0.05, 0.1) is 11.4 Å². The second-order valence-electron chi connectivity index (χ2n) is 6.78. The summed E-state index contributed by atoms with van der Waals surface area (Å²) >= 11 is 0. The second-order valence-corrected chi connectivity index (χ2v) is 6.78. The zero-order valence-corrected chi connectivity index (χ0v) is 16.3. The van der Waals surface area contributed by atoms with E-state index in [2.05, 4.69) is 20.5 Å². The van der Waals surface area contributed by atoms with Crippen molar-refractivity contribution in [2.75, 3.05) is 0 Å². The van der Waals surface area contributed by atoms with Gasteiger partial charge in [0.1, 0.15) is 11.4 Å². The molecule has 3 aromatic carbocycles. The average Bonchev–Trinajstić information content (AvgIpc) is 2.63. The molecule has 0 unspecified atom stereocenters. The van der Waals surface area contributed by atoms with Crippen molar-refractivity contribution >= 4 is 22.7 Å². The summed E-state index contributed by atoms with van der Waals surface area (Å²) in [5, 5.41) is 37.1. The highest BCUT2D eigenvalue weighted by atomic mass is 16.3. The van der Waals surface area contributed by atoms with Gasteiger partial charge in [-0.3, -0.25) is 0 Å². The maximum Gasteiger partial charge on any atom is 0.174 e. The van der Waals surface area contributed by atoms with Gasteiger partial charge < -0.3 is 10.2 Å². The Balaban J connectivity index is 1.93. The highest BCUT2D eigenvalue weighted by molar-refractivity contribution is 5.71. The fourth-order valence-electron chi connectivity index (χ4n) is 2.78. The third-order valence-electron chi connectivity index (χ3n) is 4.34. The molecule has 0 aromatic heterocycles. The third-order valence-corrected chi connectivity index (χ3v) is 4.34. The summed E-state index contributed by atoms with van der Waals surface area (Å²) in [7, 11) is 0. The van der Waals surface area contributed by atoms with Crippen molar-refractivity contribution in [3.63, 3.8) is 0 Å². The molecule has 3 aromatic rings. The number of hydrogen-bond donors (Lipinski definition) is 2. The van der Waals surface area contributed by atoms with Crippen LogP contribution in [-0.4, -0.2) is 10.2 Å². The van der Waals surface area contributed by atoms with E-state index in [1.807, 2.05) is 64.1 Å². The molecular weight excluding hydrogens is 352 g/mol. The topological polar surface area (TPSA) is 89.9 Å². The molecule has 0 amide bonds. The first-order valence-corrected chi connectivity index (χ1v) is 8.88. The minimum Gasteiger partial charge on any atom is -0.505 e. The lowest BCUT2D eigenvalue weighted by Gasteiger charge is -2.05. The SMILES string of the molecule is Cc1ccc(/N=N/c2ccc(O)c(/N=N/c3ccc(C)cc3C)c2O)c(C)c1. The molecule has 0 saturated heterocycles. The zero-order valence-electron chi connectivity index (χ0n) is 16.3. The number of azo groups is 2. The van der Waals surface area contributed by atoms with Crippen molar-refractivity contribution < 1.29 is 10.2 Å². The summed E-state index contributed by atoms with van der Waals surface area (Å²) in [5.41, 5.74) is 5.71. The van der Waals surface area contributed by atoms with E-state index < -0.39 is 0 Å². The van der Waals surface area contributed by atoms with E-state index in [0.717, 1.165) is 22.3 Å². The molecule has 0 aliphatic carbocycles. The molecular formula is C22H22N4O2. The van der Waals surface area contributed by atoms with Crippen molar-refractivity contribution in [1.29, 1.82) is 0 Å². The summed E-state index contributed by atoms with van der Waals surface area (Å²) in [6.45, 7) is 7.87. The second kappa shape index (κ2) is 8.00. The van der Waals surface area contributed by atoms with Gasteiger partial charge in [-0.1, -0.05) is 35.4 Å². The number of hydrogen-bond acceptors (Lipinski definition) is 6. The summed E-state index contributed by atoms with van der Waals surface area (Å²) in [5.74, 6) is -0.460. The fraction of sp³-hybridized carbons (Fsp3) is 0.182. The van der Waals surface area contributed by atoms with Gasteiger partial charge in [-0.05, 0) is 63.1 Å². The van der Waals surface area contributed by atoms with Crippen molar-refractivity contribution in [1.82, 2.24) is 0 Å². The lowest BCUT2D eigenvalue weighted by atomic mass is 10.1. The normalized spacial score (nSPS) is 11.6. The molecule has 2 N–H and O–H groups in total. The van der Waals surface area contributed by atoms with Gasteiger partial charge in [0.2, 0.25) is 0 Å². The summed E-state index contributed by atoms with van der Waals surface area (Å²) in [6.07, 6.45) is 0. The zero-order chi connectivity index (χ0) is 20.3. The van der Waals surface area contributed by atoms with Crippen LogP contribution in [0.15, 0.2) is 69.0 Å². The van der Waals surface area contributed by atoms with Crippen molar-refractivity contribution in [2.24, 2.45) is 20.5 Å². The molecule has 0 atom stereocenters. The van der Waals surface area contributed by atoms with Crippen LogP contribution in [0.25, 0.3) is 0 Å². The molecule has 0 heterocycles. The highest BCUT2D eigenvalue weighted by Crippen LogP contribution is 2.44. The lowest BCUT2D eigenvalue weighted by Crippen LogP contribution is -1.78. The van der Waals surface area contributed by atoms with Gasteiger partial charge in [0.25, 0.3) is 0 Å². The Labute approximate surface area is 163 Å². The van der Waals surface area contributed by atoms with E-state index in [4.69, 9.17) is 0 Å². The first kappa shape index (κ1) is 19.2. The molecule has 0 saturated carbocycles. The number of nitrogens with zero attached hydrogens (tertiary/aromatic N) is 4. The van der Waals surface area contributed by atoms with Gasteiger partial charge in [-0.25, -0.2) is 0 Å². The number of aromatic hydroxyl groups is 2. The van der Waals surface area contributed by atoms with Crippen molar-refractivity contribution in [3.8, 4) is 11.5 Å². The molecule has 142 valence electrons. The quantitative estimate of drug-likeness (QED) is 0.474. The maximum absolute atomic E-state index is 10.5. The van der Waals surface area contributed by atoms with Crippen LogP contribution in [0.5, 0.6) is 11.5 Å². The molecule has 28 heavy (non-hydrogen) atoms. The van der Waals surface area contributed by atoms with E-state index in [9.17, 15) is 10.2 Å². The molecule has 0 radical (unpaired) electrons. The summed E-state index contributed by atoms with van der Waals surface area (Å²) in [4.78, 5) is 0. The van der Waals surface area contributed by atoms with Gasteiger partial charge in [0.15, 0.2) is 11.4 Å². The number of phenols is 2. The van der Waals surface area contributed by atoms with Crippen LogP contribution in [0.2, 0.25) is 0 Å². The van der Waals surface area contributed by atoms with Gasteiger partial charge in [-0.2, -0.15) is 10.2 Å². The van der Waals surface area contributed by atoms with E-state index >= 15 is 0 Å². The van der Waals surface area contributed by atoms with E-state index in [-0.39, 0.29) is 22.9 Å². The largest absolute Gasteiger partial charge is 0.505 e. The van der Waals surface area contributed by atoms with Crippen LogP contribution < -0.4 is 0 Å². The Morgan fingerprint density at radius 2 is 1.04 bits per heavy atom. The van der Waals surface area contributed by atoms with Crippen molar-refractivity contribution in [3.05, 3.63) is 70.8 Å². The summed E-state index contributed by atoms with van der Waals surface area (Å²) in [6, 6.07) is 14.5. The van der Waals surface area contributed by atoms with Crippen LogP contribution in [0.1, 0.15) is 22.3 Å². The first-order chi connectivity index (χ1) is 13.3. The molecule has 0 aliphatic heterocycles. The van der Waals surface area contributed by atoms with E-state index in [1.54, 1.807) is 0 Å². The maximum atomic E-state index is 10.5. The average molecular weight is 374 g/mol. The van der Waals surface area contributed by atoms with E-state index in [1.165, 1.54) is 12.1 Å². The van der Waals surface area contributed by atoms with Gasteiger partial charge in [-0.15, -0.1) is 10.2 Å². The van der Waals surface area contributed by atoms with E-state index in [0.29, 0.717) is 11.4 Å². The predicted octanol–water partition coefficient (Wildman–Crippen LogP) is 7.16. The molecule has 0 spiro atoms. The Bertz CT molecular complexity index is 1090. The standard InChI is InChI=1S/C22H22N4O2/c1-13-5-7-17(15(3)11-13)23-25-19-9-10-20(27)21(22(19)28)26-24-18-8-6-14(2)12-16(18)4/h5-12,27-28H,1-4H3/b25-23+,26-24+. The van der Waals surface area contributed by atoms with Crippen LogP contribution in [-0.2, 0) is 0 Å². The Morgan fingerprint density at radius 1 is 0.571 bits per heavy atom. The number of rotatable bonds is 4. The van der Waals surface area contributed by atoms with Gasteiger partial charge in [0, 0.05) is 0 Å². The van der Waals surface area contributed by atoms with Crippen LogP contribution in [0.3, 0.4) is 0 Å². The molecule has 0 aliphatic rings. The number of aryl methyl sites for hydroxylation is 4. The molecule has 6 heteroatoms. The Kier molecular flexibility index (Phi) is 5.49. The molecule has 6 nitrogen and oxygen atoms in total. The van der Waals surface area contributed by atoms with Crippen LogP contribution in [0.4, 0.5) is 22.7 Å². The van der Waals surface area contributed by atoms with Crippen molar-refractivity contribution in [2.45, 2.75) is 27.7 Å². The molecule has 0 fully saturated rings. The minimum atomic E-state index is -0.276. The number of benzene rings is 3. The highest BCUT2D eigenvalue weighted by Gasteiger charge is 2.12. The smallest absolute Gasteiger partial charge is 0.174 e. The van der Waals surface area contributed by atoms with Crippen LogP contribution >= 0.6 is 0 Å². The Hall–Kier alpha value is -3.54. The molecule has 0 bridgehead atoms. The third kappa shape index (κ3) is 4.23. The Morgan fingerprint density at radius 3 is 1.57 bits per heavy atom. The monoisotopic (exact) mass is 374 g/mol. The molecule has 3 rings (SSSR count). The fourth-order valence-corrected chi connectivity index (χ4v) is 2.78. The first-order valence-electron chi connectivity index (χ1n) is 8.88. The van der Waals surface area contributed by atoms with Crippen LogP contribution in [0, 0.1) is 27.7 Å².